The van der Waals surface area contributed by atoms with Gasteiger partial charge in [-0.25, -0.2) is 0 Å². The van der Waals surface area contributed by atoms with Crippen molar-refractivity contribution in [2.45, 2.75) is 311 Å². The van der Waals surface area contributed by atoms with Crippen LogP contribution < -0.4 is 0 Å². The molecule has 360 valence electrons. The molecule has 0 saturated carbocycles. The number of nitrogens with zero attached hydrogens (tertiary/aromatic N) is 2. The normalized spacial score (nSPS) is 13.2. The third-order valence-corrected chi connectivity index (χ3v) is 13.0. The van der Waals surface area contributed by atoms with Crippen LogP contribution in [0.25, 0.3) is 0 Å². The van der Waals surface area contributed by atoms with Gasteiger partial charge < -0.3 is 0 Å². The van der Waals surface area contributed by atoms with E-state index in [9.17, 15) is 4.57 Å². The summed E-state index contributed by atoms with van der Waals surface area (Å²) < 4.78 is 24.7. The molecule has 60 heavy (non-hydrogen) atoms. The van der Waals surface area contributed by atoms with Gasteiger partial charge in [-0.2, -0.15) is 10.1 Å². The maximum atomic E-state index is 13.1. The smallest absolute Gasteiger partial charge is 0.262 e. The summed E-state index contributed by atoms with van der Waals surface area (Å²) in [6.45, 7) is 16.3. The third-order valence-electron chi connectivity index (χ3n) is 12.1. The molecule has 0 saturated heterocycles. The van der Waals surface area contributed by atoms with E-state index in [1.54, 1.807) is 0 Å². The van der Waals surface area contributed by atoms with Gasteiger partial charge in [0.1, 0.15) is 0 Å². The lowest BCUT2D eigenvalue weighted by Gasteiger charge is -2.24. The molecule has 0 aliphatic rings. The van der Waals surface area contributed by atoms with Crippen molar-refractivity contribution in [3.8, 4) is 0 Å². The zero-order valence-corrected chi connectivity index (χ0v) is 42.5. The second-order valence-electron chi connectivity index (χ2n) is 18.4. The van der Waals surface area contributed by atoms with Crippen LogP contribution in [0, 0.1) is 0 Å². The molecule has 2 atom stereocenters. The maximum absolute atomic E-state index is 13.1. The van der Waals surface area contributed by atoms with E-state index in [0.717, 1.165) is 51.9 Å². The van der Waals surface area contributed by atoms with E-state index in [0.29, 0.717) is 0 Å². The van der Waals surface area contributed by atoms with E-state index in [-0.39, 0.29) is 0 Å². The highest BCUT2D eigenvalue weighted by molar-refractivity contribution is 7.33. The minimum absolute atomic E-state index is 0.651. The maximum Gasteiger partial charge on any atom is 0.702 e. The minimum atomic E-state index is -2.39. The monoisotopic (exact) mass is 872 g/mol. The average Bonchev–Trinajstić information content (AvgIpc) is 3.23. The SMILES string of the molecule is CCCCCCCCCCCCN(CCCCCCCCCCCC)OC(C)O[P+](=O)OC(C)ON(CCCCCCCCCCCC)CCCCCCCCCCCC. The van der Waals surface area contributed by atoms with Gasteiger partial charge in [-0.05, 0) is 39.5 Å². The van der Waals surface area contributed by atoms with Crippen molar-refractivity contribution in [1.29, 1.82) is 0 Å². The van der Waals surface area contributed by atoms with Gasteiger partial charge >= 0.3 is 8.25 Å². The summed E-state index contributed by atoms with van der Waals surface area (Å²) in [5.41, 5.74) is 0. The Balaban J connectivity index is 4.82. The standard InChI is InChI=1S/C52H108N2O5P/c1-7-11-15-19-23-27-31-35-39-43-47-53(48-44-40-36-32-28-24-20-16-12-8-2)56-51(5)58-60(55)59-52(6)57-54(49-45-41-37-33-29-25-21-17-13-9-3)50-46-42-38-34-30-26-22-18-14-10-4/h51-52H,7-50H2,1-6H3/q+1. The van der Waals surface area contributed by atoms with E-state index >= 15 is 0 Å². The number of rotatable bonds is 52. The molecule has 7 nitrogen and oxygen atoms in total. The highest BCUT2D eigenvalue weighted by atomic mass is 31.1. The van der Waals surface area contributed by atoms with Gasteiger partial charge in [0.15, 0.2) is 0 Å². The lowest BCUT2D eigenvalue weighted by atomic mass is 10.1. The fourth-order valence-corrected chi connectivity index (χ4v) is 8.87. The Bertz CT molecular complexity index is 726. The molecule has 0 N–H and O–H groups in total. The number of hydroxylamine groups is 4. The van der Waals surface area contributed by atoms with Crippen LogP contribution in [0.5, 0.6) is 0 Å². The van der Waals surface area contributed by atoms with Gasteiger partial charge in [-0.1, -0.05) is 268 Å². The van der Waals surface area contributed by atoms with E-state index in [4.69, 9.17) is 18.7 Å². The lowest BCUT2D eigenvalue weighted by Crippen LogP contribution is -2.32. The molecule has 0 rings (SSSR count). The quantitative estimate of drug-likeness (QED) is 0.0261. The first-order valence-electron chi connectivity index (χ1n) is 27.1. The van der Waals surface area contributed by atoms with Crippen molar-refractivity contribution in [3.05, 3.63) is 0 Å². The van der Waals surface area contributed by atoms with Crippen molar-refractivity contribution in [2.24, 2.45) is 0 Å². The highest BCUT2D eigenvalue weighted by Crippen LogP contribution is 2.30. The number of hydrogen-bond donors (Lipinski definition) is 0. The number of hydrogen-bond acceptors (Lipinski definition) is 7. The Hall–Kier alpha value is -0.140. The van der Waals surface area contributed by atoms with Crippen LogP contribution in [-0.4, -0.2) is 48.9 Å². The van der Waals surface area contributed by atoms with E-state index in [1.807, 2.05) is 13.8 Å². The molecule has 0 spiro atoms. The first-order valence-corrected chi connectivity index (χ1v) is 28.2. The second-order valence-corrected chi connectivity index (χ2v) is 19.2. The van der Waals surface area contributed by atoms with Crippen LogP contribution >= 0.6 is 8.25 Å². The molecule has 0 radical (unpaired) electrons. The summed E-state index contributed by atoms with van der Waals surface area (Å²) in [5, 5.41) is 4.15. The Kier molecular flexibility index (Phi) is 49.8. The largest absolute Gasteiger partial charge is 0.702 e. The molecule has 8 heteroatoms. The summed E-state index contributed by atoms with van der Waals surface area (Å²) in [7, 11) is -2.39. The fourth-order valence-electron chi connectivity index (χ4n) is 8.26. The fraction of sp³-hybridized carbons (Fsp3) is 1.00. The Morgan fingerprint density at radius 1 is 0.300 bits per heavy atom. The van der Waals surface area contributed by atoms with Gasteiger partial charge in [0, 0.05) is 30.7 Å². The molecule has 0 fully saturated rings. The van der Waals surface area contributed by atoms with Gasteiger partial charge in [0.05, 0.1) is 0 Å². The van der Waals surface area contributed by atoms with Crippen LogP contribution in [0.4, 0.5) is 0 Å². The molecule has 0 amide bonds. The molecule has 0 aromatic rings. The van der Waals surface area contributed by atoms with Crippen LogP contribution in [0.3, 0.4) is 0 Å². The van der Waals surface area contributed by atoms with Gasteiger partial charge in [0.2, 0.25) is 12.6 Å². The van der Waals surface area contributed by atoms with Gasteiger partial charge in [-0.3, -0.25) is 9.68 Å². The molecule has 0 aromatic carbocycles. The zero-order valence-electron chi connectivity index (χ0n) is 41.7. The average molecular weight is 872 g/mol. The van der Waals surface area contributed by atoms with Crippen LogP contribution in [0.15, 0.2) is 0 Å². The second kappa shape index (κ2) is 49.9. The summed E-state index contributed by atoms with van der Waals surface area (Å²) in [6, 6.07) is 0. The summed E-state index contributed by atoms with van der Waals surface area (Å²) in [5.74, 6) is 0. The first kappa shape index (κ1) is 59.9. The van der Waals surface area contributed by atoms with Crippen molar-refractivity contribution in [1.82, 2.24) is 10.1 Å². The molecule has 0 bridgehead atoms. The highest BCUT2D eigenvalue weighted by Gasteiger charge is 2.31. The molecule has 2 unspecified atom stereocenters. The van der Waals surface area contributed by atoms with Crippen LogP contribution in [0.1, 0.15) is 298 Å². The topological polar surface area (TPSA) is 60.5 Å². The molecular formula is C52H108N2O5P+. The molecule has 0 aromatic heterocycles. The van der Waals surface area contributed by atoms with E-state index in [1.165, 1.54) is 231 Å². The van der Waals surface area contributed by atoms with Gasteiger partial charge in [0.25, 0.3) is 0 Å². The lowest BCUT2D eigenvalue weighted by molar-refractivity contribution is -0.262. The molecule has 0 heterocycles. The van der Waals surface area contributed by atoms with Crippen molar-refractivity contribution >= 4 is 8.25 Å². The van der Waals surface area contributed by atoms with E-state index in [2.05, 4.69) is 37.8 Å². The Morgan fingerprint density at radius 2 is 0.467 bits per heavy atom. The predicted octanol–water partition coefficient (Wildman–Crippen LogP) is 18.5. The van der Waals surface area contributed by atoms with Crippen molar-refractivity contribution < 1.29 is 23.3 Å². The first-order chi connectivity index (χ1) is 29.5. The molecule has 0 aliphatic heterocycles. The van der Waals surface area contributed by atoms with Crippen LogP contribution in [0.2, 0.25) is 0 Å². The van der Waals surface area contributed by atoms with E-state index < -0.39 is 20.8 Å². The molecular weight excluding hydrogens is 764 g/mol. The minimum Gasteiger partial charge on any atom is -0.262 e. The number of unbranched alkanes of at least 4 members (excludes halogenated alkanes) is 36. The van der Waals surface area contributed by atoms with Crippen molar-refractivity contribution in [3.63, 3.8) is 0 Å². The third kappa shape index (κ3) is 45.9. The summed E-state index contributed by atoms with van der Waals surface area (Å²) in [4.78, 5) is 12.6. The molecule has 0 aliphatic carbocycles. The summed E-state index contributed by atoms with van der Waals surface area (Å²) >= 11 is 0. The Labute approximate surface area is 377 Å². The Morgan fingerprint density at radius 3 is 0.650 bits per heavy atom. The predicted molar refractivity (Wildman–Crippen MR) is 261 cm³/mol. The van der Waals surface area contributed by atoms with Crippen LogP contribution in [-0.2, 0) is 23.3 Å². The summed E-state index contributed by atoms with van der Waals surface area (Å²) in [6.07, 6.45) is 51.4. The van der Waals surface area contributed by atoms with Crippen molar-refractivity contribution in [2.75, 3.05) is 26.2 Å². The zero-order chi connectivity index (χ0) is 43.8. The van der Waals surface area contributed by atoms with Gasteiger partial charge in [-0.15, -0.1) is 0 Å².